The summed E-state index contributed by atoms with van der Waals surface area (Å²) in [6.45, 7) is 7.06. The van der Waals surface area contributed by atoms with Crippen molar-refractivity contribution in [3.8, 4) is 22.8 Å². The lowest BCUT2D eigenvalue weighted by Crippen LogP contribution is -2.45. The van der Waals surface area contributed by atoms with Crippen molar-refractivity contribution in [3.05, 3.63) is 47.5 Å². The summed E-state index contributed by atoms with van der Waals surface area (Å²) in [5.41, 5.74) is 6.24. The Bertz CT molecular complexity index is 1090. The van der Waals surface area contributed by atoms with Crippen LogP contribution in [0.15, 0.2) is 36.4 Å². The number of benzene rings is 2. The predicted octanol–water partition coefficient (Wildman–Crippen LogP) is 5.48. The van der Waals surface area contributed by atoms with Gasteiger partial charge in [0, 0.05) is 34.7 Å². The molecule has 1 atom stereocenters. The maximum Gasteiger partial charge on any atom is 0.161 e. The molecule has 1 aromatic heterocycles. The number of nitrogens with one attached hydrogen (secondary N) is 2. The number of likely N-dealkylation sites (tertiary alicyclic amines) is 1. The topological polar surface area (TPSA) is 49.5 Å². The van der Waals surface area contributed by atoms with Crippen LogP contribution in [-0.2, 0) is 0 Å². The zero-order chi connectivity index (χ0) is 22.8. The average Bonchev–Trinajstić information content (AvgIpc) is 3.20. The van der Waals surface area contributed by atoms with E-state index in [2.05, 4.69) is 46.4 Å². The first-order chi connectivity index (χ1) is 16.2. The molecule has 0 saturated carbocycles. The molecule has 2 N–H and O–H groups in total. The fourth-order valence-electron chi connectivity index (χ4n) is 5.72. The van der Waals surface area contributed by atoms with Gasteiger partial charge >= 0.3 is 0 Å². The van der Waals surface area contributed by atoms with Crippen LogP contribution >= 0.6 is 0 Å². The number of aromatic amines is 1. The number of hydrogen-bond acceptors (Lipinski definition) is 4. The van der Waals surface area contributed by atoms with Crippen molar-refractivity contribution in [1.29, 1.82) is 0 Å². The smallest absolute Gasteiger partial charge is 0.161 e. The number of piperidine rings is 2. The molecule has 5 heteroatoms. The van der Waals surface area contributed by atoms with Crippen LogP contribution in [-0.4, -0.2) is 56.3 Å². The molecule has 5 rings (SSSR count). The Hall–Kier alpha value is -2.50. The molecule has 2 aliphatic heterocycles. The third kappa shape index (κ3) is 4.62. The molecule has 5 nitrogen and oxygen atoms in total. The van der Waals surface area contributed by atoms with Gasteiger partial charge in [0.25, 0.3) is 0 Å². The van der Waals surface area contributed by atoms with Crippen LogP contribution in [0.1, 0.15) is 49.1 Å². The Kier molecular flexibility index (Phi) is 6.61. The number of fused-ring (bicyclic) bond motifs is 1. The van der Waals surface area contributed by atoms with Gasteiger partial charge in [-0.05, 0) is 99.6 Å². The number of ether oxygens (including phenoxy) is 2. The Morgan fingerprint density at radius 3 is 2.48 bits per heavy atom. The number of rotatable bonds is 6. The first-order valence-corrected chi connectivity index (χ1v) is 12.5. The van der Waals surface area contributed by atoms with Gasteiger partial charge in [-0.25, -0.2) is 0 Å². The van der Waals surface area contributed by atoms with Crippen LogP contribution in [0, 0.1) is 6.92 Å². The molecule has 3 aromatic rings. The fraction of sp³-hybridized carbons (Fsp3) is 0.500. The third-order valence-electron chi connectivity index (χ3n) is 7.70. The van der Waals surface area contributed by atoms with Crippen molar-refractivity contribution in [3.63, 3.8) is 0 Å². The molecule has 2 fully saturated rings. The summed E-state index contributed by atoms with van der Waals surface area (Å²) in [6, 6.07) is 13.8. The molecule has 2 aliphatic rings. The lowest BCUT2D eigenvalue weighted by Gasteiger charge is -2.36. The number of H-pyrrole nitrogens is 1. The number of aryl methyl sites for hydroxylation is 1. The standard InChI is InChI=1S/C28H37N3O2/c1-19-24-16-21(20-11-14-31(15-12-20)18-23-6-4-5-13-29-23)7-9-25(24)30-28(19)22-8-10-26(32-2)27(17-22)33-3/h7-10,16-17,20,23,29-30H,4-6,11-15,18H2,1-3H3. The van der Waals surface area contributed by atoms with E-state index in [1.165, 1.54) is 80.3 Å². The quantitative estimate of drug-likeness (QED) is 0.525. The van der Waals surface area contributed by atoms with Gasteiger partial charge in [0.1, 0.15) is 0 Å². The van der Waals surface area contributed by atoms with Gasteiger partial charge < -0.3 is 24.7 Å². The summed E-state index contributed by atoms with van der Waals surface area (Å²) in [6.07, 6.45) is 6.57. The maximum absolute atomic E-state index is 5.52. The monoisotopic (exact) mass is 447 g/mol. The molecule has 0 bridgehead atoms. The summed E-state index contributed by atoms with van der Waals surface area (Å²) in [5.74, 6) is 2.16. The van der Waals surface area contributed by atoms with Crippen LogP contribution in [0.5, 0.6) is 11.5 Å². The van der Waals surface area contributed by atoms with Crippen molar-refractivity contribution >= 4 is 10.9 Å². The van der Waals surface area contributed by atoms with Crippen LogP contribution in [0.4, 0.5) is 0 Å². The average molecular weight is 448 g/mol. The van der Waals surface area contributed by atoms with Crippen molar-refractivity contribution in [2.24, 2.45) is 0 Å². The molecule has 0 radical (unpaired) electrons. The minimum Gasteiger partial charge on any atom is -0.493 e. The van der Waals surface area contributed by atoms with Crippen molar-refractivity contribution in [2.45, 2.75) is 51.0 Å². The van der Waals surface area contributed by atoms with Gasteiger partial charge in [-0.15, -0.1) is 0 Å². The maximum atomic E-state index is 5.52. The highest BCUT2D eigenvalue weighted by molar-refractivity contribution is 5.91. The number of nitrogens with zero attached hydrogens (tertiary/aromatic N) is 1. The Morgan fingerprint density at radius 1 is 0.939 bits per heavy atom. The summed E-state index contributed by atoms with van der Waals surface area (Å²) >= 11 is 0. The van der Waals surface area contributed by atoms with E-state index in [1.54, 1.807) is 14.2 Å². The summed E-state index contributed by atoms with van der Waals surface area (Å²) in [4.78, 5) is 6.32. The number of aromatic nitrogens is 1. The number of hydrogen-bond donors (Lipinski definition) is 2. The largest absolute Gasteiger partial charge is 0.493 e. The van der Waals surface area contributed by atoms with Crippen molar-refractivity contribution in [1.82, 2.24) is 15.2 Å². The molecular formula is C28H37N3O2. The highest BCUT2D eigenvalue weighted by Gasteiger charge is 2.24. The second-order valence-corrected chi connectivity index (χ2v) is 9.72. The third-order valence-corrected chi connectivity index (χ3v) is 7.70. The van der Waals surface area contributed by atoms with Crippen LogP contribution in [0.3, 0.4) is 0 Å². The minimum absolute atomic E-state index is 0.656. The summed E-state index contributed by atoms with van der Waals surface area (Å²) in [7, 11) is 3.35. The van der Waals surface area contributed by atoms with Gasteiger partial charge in [0.2, 0.25) is 0 Å². The van der Waals surface area contributed by atoms with Crippen molar-refractivity contribution < 1.29 is 9.47 Å². The predicted molar refractivity (Wildman–Crippen MR) is 136 cm³/mol. The van der Waals surface area contributed by atoms with Gasteiger partial charge in [0.15, 0.2) is 11.5 Å². The summed E-state index contributed by atoms with van der Waals surface area (Å²) in [5, 5.41) is 5.03. The lowest BCUT2D eigenvalue weighted by molar-refractivity contribution is 0.181. The van der Waals surface area contributed by atoms with E-state index < -0.39 is 0 Å². The van der Waals surface area contributed by atoms with E-state index in [-0.39, 0.29) is 0 Å². The van der Waals surface area contributed by atoms with Gasteiger partial charge in [-0.3, -0.25) is 0 Å². The Balaban J connectivity index is 1.32. The van der Waals surface area contributed by atoms with Gasteiger partial charge in [-0.1, -0.05) is 12.5 Å². The zero-order valence-electron chi connectivity index (χ0n) is 20.2. The Morgan fingerprint density at radius 2 is 1.76 bits per heavy atom. The van der Waals surface area contributed by atoms with Crippen LogP contribution in [0.25, 0.3) is 22.2 Å². The second-order valence-electron chi connectivity index (χ2n) is 9.72. The van der Waals surface area contributed by atoms with E-state index in [0.29, 0.717) is 12.0 Å². The molecule has 1 unspecified atom stereocenters. The van der Waals surface area contributed by atoms with E-state index >= 15 is 0 Å². The second kappa shape index (κ2) is 9.78. The van der Waals surface area contributed by atoms with Gasteiger partial charge in [0.05, 0.1) is 14.2 Å². The molecule has 33 heavy (non-hydrogen) atoms. The summed E-state index contributed by atoms with van der Waals surface area (Å²) < 4.78 is 10.9. The van der Waals surface area contributed by atoms with E-state index in [1.807, 2.05) is 12.1 Å². The molecule has 0 amide bonds. The minimum atomic E-state index is 0.656. The number of methoxy groups -OCH3 is 2. The van der Waals surface area contributed by atoms with E-state index in [9.17, 15) is 0 Å². The molecule has 3 heterocycles. The molecular weight excluding hydrogens is 410 g/mol. The fourth-order valence-corrected chi connectivity index (χ4v) is 5.72. The van der Waals surface area contributed by atoms with E-state index in [0.717, 1.165) is 22.8 Å². The highest BCUT2D eigenvalue weighted by Crippen LogP contribution is 2.37. The zero-order valence-corrected chi connectivity index (χ0v) is 20.2. The molecule has 176 valence electrons. The Labute approximate surface area is 197 Å². The lowest BCUT2D eigenvalue weighted by atomic mass is 9.88. The molecule has 0 spiro atoms. The highest BCUT2D eigenvalue weighted by atomic mass is 16.5. The van der Waals surface area contributed by atoms with Crippen molar-refractivity contribution in [2.75, 3.05) is 40.4 Å². The van der Waals surface area contributed by atoms with Gasteiger partial charge in [-0.2, -0.15) is 0 Å². The van der Waals surface area contributed by atoms with E-state index in [4.69, 9.17) is 9.47 Å². The normalized spacial score (nSPS) is 20.3. The first kappa shape index (κ1) is 22.3. The SMILES string of the molecule is COc1ccc(-c2[nH]c3ccc(C4CCN(CC5CCCCN5)CC4)cc3c2C)cc1OC. The molecule has 2 aromatic carbocycles. The van der Waals surface area contributed by atoms with Crippen LogP contribution < -0.4 is 14.8 Å². The molecule has 0 aliphatic carbocycles. The first-order valence-electron chi connectivity index (χ1n) is 12.5. The molecule has 2 saturated heterocycles. The van der Waals surface area contributed by atoms with Crippen LogP contribution in [0.2, 0.25) is 0 Å².